The van der Waals surface area contributed by atoms with Gasteiger partial charge in [-0.25, -0.2) is 15.0 Å². The molecule has 0 aromatic carbocycles. The van der Waals surface area contributed by atoms with Crippen LogP contribution in [0.25, 0.3) is 21.7 Å². The first-order valence-corrected chi connectivity index (χ1v) is 8.50. The molecule has 0 fully saturated rings. The second-order valence-electron chi connectivity index (χ2n) is 4.48. The van der Waals surface area contributed by atoms with Crippen molar-refractivity contribution in [3.05, 3.63) is 21.8 Å². The number of nitrogens with zero attached hydrogens (tertiary/aromatic N) is 3. The van der Waals surface area contributed by atoms with Crippen molar-refractivity contribution in [1.29, 1.82) is 0 Å². The molecule has 4 nitrogen and oxygen atoms in total. The first-order chi connectivity index (χ1) is 9.81. The van der Waals surface area contributed by atoms with Crippen molar-refractivity contribution in [3.8, 4) is 11.5 Å². The Bertz CT molecular complexity index is 703. The lowest BCUT2D eigenvalue weighted by Gasteiger charge is -2.06. The van der Waals surface area contributed by atoms with Gasteiger partial charge in [0.05, 0.1) is 10.9 Å². The number of fused-ring (bicyclic) bond motifs is 1. The molecule has 0 aliphatic rings. The van der Waals surface area contributed by atoms with Gasteiger partial charge < -0.3 is 5.32 Å². The predicted octanol–water partition coefficient (Wildman–Crippen LogP) is 4.20. The first-order valence-electron chi connectivity index (χ1n) is 6.74. The maximum absolute atomic E-state index is 4.67. The lowest BCUT2D eigenvalue weighted by molar-refractivity contribution is 0.970. The summed E-state index contributed by atoms with van der Waals surface area (Å²) in [5, 5.41) is 6.52. The molecule has 3 aromatic heterocycles. The quantitative estimate of drug-likeness (QED) is 0.767. The molecule has 1 N–H and O–H groups in total. The van der Waals surface area contributed by atoms with Crippen LogP contribution in [-0.4, -0.2) is 21.5 Å². The molecule has 0 radical (unpaired) electrons. The lowest BCUT2D eigenvalue weighted by atomic mass is 10.3. The first kappa shape index (κ1) is 13.5. The summed E-state index contributed by atoms with van der Waals surface area (Å²) in [6.45, 7) is 5.23. The SMILES string of the molecule is CCCNc1nc(-c2cscn2)nc2sc(CC)cc12. The van der Waals surface area contributed by atoms with Gasteiger partial charge in [0.2, 0.25) is 0 Å². The van der Waals surface area contributed by atoms with Crippen molar-refractivity contribution >= 4 is 38.7 Å². The van der Waals surface area contributed by atoms with E-state index in [1.165, 1.54) is 4.88 Å². The average molecular weight is 304 g/mol. The topological polar surface area (TPSA) is 50.7 Å². The molecular formula is C14H16N4S2. The predicted molar refractivity (Wildman–Crippen MR) is 86.7 cm³/mol. The number of hydrogen-bond donors (Lipinski definition) is 1. The van der Waals surface area contributed by atoms with Gasteiger partial charge in [-0.3, -0.25) is 0 Å². The molecular weight excluding hydrogens is 288 g/mol. The van der Waals surface area contributed by atoms with E-state index in [0.29, 0.717) is 5.82 Å². The molecule has 104 valence electrons. The summed E-state index contributed by atoms with van der Waals surface area (Å²) < 4.78 is 0. The van der Waals surface area contributed by atoms with Gasteiger partial charge in [0, 0.05) is 16.8 Å². The van der Waals surface area contributed by atoms with Crippen LogP contribution >= 0.6 is 22.7 Å². The molecule has 3 rings (SSSR count). The maximum Gasteiger partial charge on any atom is 0.182 e. The molecule has 20 heavy (non-hydrogen) atoms. The smallest absolute Gasteiger partial charge is 0.182 e. The summed E-state index contributed by atoms with van der Waals surface area (Å²) in [6, 6.07) is 2.20. The number of anilines is 1. The largest absolute Gasteiger partial charge is 0.369 e. The fourth-order valence-electron chi connectivity index (χ4n) is 1.96. The van der Waals surface area contributed by atoms with Crippen LogP contribution in [0.5, 0.6) is 0 Å². The third-order valence-electron chi connectivity index (χ3n) is 3.00. The van der Waals surface area contributed by atoms with E-state index < -0.39 is 0 Å². The van der Waals surface area contributed by atoms with E-state index in [1.54, 1.807) is 22.7 Å². The van der Waals surface area contributed by atoms with Crippen LogP contribution in [0.4, 0.5) is 5.82 Å². The highest BCUT2D eigenvalue weighted by Gasteiger charge is 2.13. The summed E-state index contributed by atoms with van der Waals surface area (Å²) in [4.78, 5) is 16.0. The number of nitrogens with one attached hydrogen (secondary N) is 1. The van der Waals surface area contributed by atoms with Crippen LogP contribution in [0.1, 0.15) is 25.1 Å². The van der Waals surface area contributed by atoms with E-state index in [0.717, 1.165) is 41.1 Å². The molecule has 0 amide bonds. The molecule has 0 aliphatic carbocycles. The van der Waals surface area contributed by atoms with Crippen LogP contribution in [0, 0.1) is 0 Å². The molecule has 0 saturated carbocycles. The fourth-order valence-corrected chi connectivity index (χ4v) is 3.46. The third kappa shape index (κ3) is 2.53. The highest BCUT2D eigenvalue weighted by molar-refractivity contribution is 7.18. The van der Waals surface area contributed by atoms with Gasteiger partial charge in [-0.15, -0.1) is 22.7 Å². The van der Waals surface area contributed by atoms with Gasteiger partial charge in [-0.05, 0) is 18.9 Å². The zero-order chi connectivity index (χ0) is 13.9. The number of thiophene rings is 1. The second kappa shape index (κ2) is 5.85. The summed E-state index contributed by atoms with van der Waals surface area (Å²) in [5.41, 5.74) is 2.66. The van der Waals surface area contributed by atoms with Gasteiger partial charge in [-0.1, -0.05) is 13.8 Å². The van der Waals surface area contributed by atoms with Crippen molar-refractivity contribution in [2.45, 2.75) is 26.7 Å². The molecule has 3 heterocycles. The van der Waals surface area contributed by atoms with Crippen molar-refractivity contribution < 1.29 is 0 Å². The van der Waals surface area contributed by atoms with Crippen LogP contribution in [0.15, 0.2) is 17.0 Å². The summed E-state index contributed by atoms with van der Waals surface area (Å²) in [5.74, 6) is 1.64. The molecule has 0 atom stereocenters. The number of aromatic nitrogens is 3. The highest BCUT2D eigenvalue weighted by Crippen LogP contribution is 2.31. The zero-order valence-corrected chi connectivity index (χ0v) is 13.1. The van der Waals surface area contributed by atoms with E-state index in [9.17, 15) is 0 Å². The minimum atomic E-state index is 0.710. The Hall–Kier alpha value is -1.53. The monoisotopic (exact) mass is 304 g/mol. The molecule has 0 saturated heterocycles. The van der Waals surface area contributed by atoms with E-state index in [2.05, 4.69) is 40.2 Å². The molecule has 0 aliphatic heterocycles. The minimum absolute atomic E-state index is 0.710. The van der Waals surface area contributed by atoms with E-state index >= 15 is 0 Å². The summed E-state index contributed by atoms with van der Waals surface area (Å²) in [7, 11) is 0. The van der Waals surface area contributed by atoms with Crippen LogP contribution in [-0.2, 0) is 6.42 Å². The minimum Gasteiger partial charge on any atom is -0.369 e. The van der Waals surface area contributed by atoms with Gasteiger partial charge in [-0.2, -0.15) is 0 Å². The Morgan fingerprint density at radius 1 is 1.25 bits per heavy atom. The molecule has 0 spiro atoms. The zero-order valence-electron chi connectivity index (χ0n) is 11.5. The molecule has 3 aromatic rings. The molecule has 0 bridgehead atoms. The normalized spacial score (nSPS) is 11.1. The van der Waals surface area contributed by atoms with E-state index in [-0.39, 0.29) is 0 Å². The number of aryl methyl sites for hydroxylation is 1. The standard InChI is InChI=1S/C14H16N4S2/c1-3-5-15-12-10-6-9(4-2)20-14(10)18-13(17-12)11-7-19-8-16-11/h6-8H,3-5H2,1-2H3,(H,15,17,18). The van der Waals surface area contributed by atoms with Crippen LogP contribution in [0.3, 0.4) is 0 Å². The number of hydrogen-bond acceptors (Lipinski definition) is 6. The lowest BCUT2D eigenvalue weighted by Crippen LogP contribution is -2.04. The third-order valence-corrected chi connectivity index (χ3v) is 4.76. The Morgan fingerprint density at radius 2 is 2.15 bits per heavy atom. The number of thiazole rings is 1. The molecule has 6 heteroatoms. The Kier molecular flexibility index (Phi) is 3.93. The van der Waals surface area contributed by atoms with Crippen LogP contribution < -0.4 is 5.32 Å². The van der Waals surface area contributed by atoms with E-state index in [1.807, 2.05) is 10.9 Å². The summed E-state index contributed by atoms with van der Waals surface area (Å²) >= 11 is 3.31. The van der Waals surface area contributed by atoms with Crippen molar-refractivity contribution in [2.24, 2.45) is 0 Å². The van der Waals surface area contributed by atoms with Crippen molar-refractivity contribution in [3.63, 3.8) is 0 Å². The average Bonchev–Trinajstić information content (AvgIpc) is 3.12. The summed E-state index contributed by atoms with van der Waals surface area (Å²) in [6.07, 6.45) is 2.10. The fraction of sp³-hybridized carbons (Fsp3) is 0.357. The Labute approximate surface area is 125 Å². The Balaban J connectivity index is 2.13. The highest BCUT2D eigenvalue weighted by atomic mass is 32.1. The van der Waals surface area contributed by atoms with Gasteiger partial charge >= 0.3 is 0 Å². The molecule has 0 unspecified atom stereocenters. The van der Waals surface area contributed by atoms with Gasteiger partial charge in [0.1, 0.15) is 16.3 Å². The van der Waals surface area contributed by atoms with Crippen LogP contribution in [0.2, 0.25) is 0 Å². The van der Waals surface area contributed by atoms with Gasteiger partial charge in [0.25, 0.3) is 0 Å². The van der Waals surface area contributed by atoms with Gasteiger partial charge in [0.15, 0.2) is 5.82 Å². The Morgan fingerprint density at radius 3 is 2.85 bits per heavy atom. The van der Waals surface area contributed by atoms with E-state index in [4.69, 9.17) is 0 Å². The maximum atomic E-state index is 4.67. The number of rotatable bonds is 5. The van der Waals surface area contributed by atoms with Crippen molar-refractivity contribution in [2.75, 3.05) is 11.9 Å². The second-order valence-corrected chi connectivity index (χ2v) is 6.32. The van der Waals surface area contributed by atoms with Crippen molar-refractivity contribution in [1.82, 2.24) is 15.0 Å².